The van der Waals surface area contributed by atoms with Crippen LogP contribution in [0, 0.1) is 11.8 Å². The van der Waals surface area contributed by atoms with Crippen LogP contribution in [0.1, 0.15) is 26.7 Å². The third-order valence-electron chi connectivity index (χ3n) is 2.99. The van der Waals surface area contributed by atoms with Crippen molar-refractivity contribution >= 4 is 23.7 Å². The Labute approximate surface area is 93.1 Å². The summed E-state index contributed by atoms with van der Waals surface area (Å²) in [5.74, 6) is -1.90. The quantitative estimate of drug-likeness (QED) is 0.771. The van der Waals surface area contributed by atoms with Gasteiger partial charge in [0.05, 0.1) is 12.3 Å². The number of thioether (sulfide) groups is 1. The third kappa shape index (κ3) is 2.87. The fraction of sp³-hybridized carbons (Fsp3) is 0.800. The first-order valence-corrected chi connectivity index (χ1v) is 5.91. The predicted octanol–water partition coefficient (Wildman–Crippen LogP) is 1.69. The molecule has 2 N–H and O–H groups in total. The predicted molar refractivity (Wildman–Crippen MR) is 58.0 cm³/mol. The summed E-state index contributed by atoms with van der Waals surface area (Å²) in [6.45, 7) is 3.99. The van der Waals surface area contributed by atoms with E-state index in [9.17, 15) is 9.59 Å². The Morgan fingerprint density at radius 2 is 2.07 bits per heavy atom. The highest BCUT2D eigenvalue weighted by molar-refractivity contribution is 8.00. The molecule has 4 nitrogen and oxygen atoms in total. The number of hydrogen-bond donors (Lipinski definition) is 2. The highest BCUT2D eigenvalue weighted by Gasteiger charge is 2.43. The van der Waals surface area contributed by atoms with Crippen molar-refractivity contribution in [3.8, 4) is 0 Å². The first-order chi connectivity index (χ1) is 6.84. The van der Waals surface area contributed by atoms with E-state index in [0.717, 1.165) is 12.2 Å². The van der Waals surface area contributed by atoms with E-state index in [1.807, 2.05) is 13.8 Å². The number of aliphatic carboxylic acids is 2. The zero-order chi connectivity index (χ0) is 11.6. The number of carboxylic acids is 2. The summed E-state index contributed by atoms with van der Waals surface area (Å²) in [5.41, 5.74) is 0. The molecule has 2 atom stereocenters. The Kier molecular flexibility index (Phi) is 3.65. The second kappa shape index (κ2) is 4.43. The maximum atomic E-state index is 11.0. The van der Waals surface area contributed by atoms with Crippen LogP contribution in [-0.4, -0.2) is 32.7 Å². The van der Waals surface area contributed by atoms with Gasteiger partial charge in [0.1, 0.15) is 0 Å². The molecule has 15 heavy (non-hydrogen) atoms. The minimum absolute atomic E-state index is 0.0453. The van der Waals surface area contributed by atoms with E-state index < -0.39 is 17.9 Å². The molecule has 1 saturated heterocycles. The average molecular weight is 232 g/mol. The fourth-order valence-electron chi connectivity index (χ4n) is 2.18. The van der Waals surface area contributed by atoms with E-state index in [1.54, 1.807) is 11.8 Å². The van der Waals surface area contributed by atoms with Crippen molar-refractivity contribution in [2.45, 2.75) is 31.4 Å². The van der Waals surface area contributed by atoms with Gasteiger partial charge in [-0.2, -0.15) is 11.8 Å². The Hall–Kier alpha value is -0.710. The van der Waals surface area contributed by atoms with Crippen LogP contribution in [0.4, 0.5) is 0 Å². The van der Waals surface area contributed by atoms with Gasteiger partial charge in [0, 0.05) is 4.75 Å². The van der Waals surface area contributed by atoms with E-state index in [2.05, 4.69) is 0 Å². The van der Waals surface area contributed by atoms with Crippen LogP contribution >= 0.6 is 11.8 Å². The first kappa shape index (κ1) is 12.4. The second-order valence-electron chi connectivity index (χ2n) is 4.39. The zero-order valence-electron chi connectivity index (χ0n) is 8.90. The largest absolute Gasteiger partial charge is 0.481 e. The molecule has 0 aromatic rings. The summed E-state index contributed by atoms with van der Waals surface area (Å²) in [7, 11) is 0. The lowest BCUT2D eigenvalue weighted by molar-refractivity contribution is -0.150. The lowest BCUT2D eigenvalue weighted by atomic mass is 9.79. The van der Waals surface area contributed by atoms with Gasteiger partial charge in [-0.05, 0) is 18.1 Å². The standard InChI is InChI=1S/C10H16O4S/c1-10(2)7(3-4-15-10)6(9(13)14)5-8(11)12/h6-7H,3-5H2,1-2H3,(H,11,12)(H,13,14). The molecular formula is C10H16O4S. The molecular weight excluding hydrogens is 216 g/mol. The number of rotatable bonds is 4. The molecule has 0 aliphatic carbocycles. The van der Waals surface area contributed by atoms with Crippen LogP contribution in [0.15, 0.2) is 0 Å². The highest BCUT2D eigenvalue weighted by Crippen LogP contribution is 2.46. The molecule has 0 aromatic heterocycles. The van der Waals surface area contributed by atoms with Crippen molar-refractivity contribution in [2.24, 2.45) is 11.8 Å². The zero-order valence-corrected chi connectivity index (χ0v) is 9.71. The summed E-state index contributed by atoms with van der Waals surface area (Å²) < 4.78 is -0.126. The molecule has 0 amide bonds. The van der Waals surface area contributed by atoms with Gasteiger partial charge in [0.15, 0.2) is 0 Å². The lowest BCUT2D eigenvalue weighted by Crippen LogP contribution is -2.35. The van der Waals surface area contributed by atoms with Crippen LogP contribution in [0.5, 0.6) is 0 Å². The van der Waals surface area contributed by atoms with Crippen molar-refractivity contribution in [3.05, 3.63) is 0 Å². The van der Waals surface area contributed by atoms with Crippen LogP contribution in [0.25, 0.3) is 0 Å². The summed E-state index contributed by atoms with van der Waals surface area (Å²) >= 11 is 1.72. The average Bonchev–Trinajstić information content (AvgIpc) is 2.40. The lowest BCUT2D eigenvalue weighted by Gasteiger charge is -2.30. The van der Waals surface area contributed by atoms with Crippen LogP contribution in [0.2, 0.25) is 0 Å². The molecule has 0 saturated carbocycles. The fourth-order valence-corrected chi connectivity index (χ4v) is 3.57. The van der Waals surface area contributed by atoms with Crippen molar-refractivity contribution < 1.29 is 19.8 Å². The molecule has 1 heterocycles. The van der Waals surface area contributed by atoms with E-state index in [4.69, 9.17) is 10.2 Å². The van der Waals surface area contributed by atoms with Gasteiger partial charge in [-0.15, -0.1) is 0 Å². The minimum atomic E-state index is -1.03. The Morgan fingerprint density at radius 1 is 1.47 bits per heavy atom. The summed E-state index contributed by atoms with van der Waals surface area (Å²) in [6, 6.07) is 0. The molecule has 1 aliphatic heterocycles. The molecule has 0 radical (unpaired) electrons. The van der Waals surface area contributed by atoms with Crippen LogP contribution in [0.3, 0.4) is 0 Å². The van der Waals surface area contributed by atoms with Crippen molar-refractivity contribution in [1.82, 2.24) is 0 Å². The first-order valence-electron chi connectivity index (χ1n) is 4.93. The highest BCUT2D eigenvalue weighted by atomic mass is 32.2. The number of hydrogen-bond acceptors (Lipinski definition) is 3. The molecule has 0 spiro atoms. The van der Waals surface area contributed by atoms with E-state index in [1.165, 1.54) is 0 Å². The monoisotopic (exact) mass is 232 g/mol. The van der Waals surface area contributed by atoms with E-state index in [-0.39, 0.29) is 17.1 Å². The molecule has 1 aliphatic rings. The second-order valence-corrected chi connectivity index (χ2v) is 6.14. The van der Waals surface area contributed by atoms with Gasteiger partial charge in [0.25, 0.3) is 0 Å². The van der Waals surface area contributed by atoms with Gasteiger partial charge < -0.3 is 10.2 Å². The smallest absolute Gasteiger partial charge is 0.307 e. The van der Waals surface area contributed by atoms with Gasteiger partial charge in [-0.3, -0.25) is 9.59 Å². The molecule has 0 bridgehead atoms. The van der Waals surface area contributed by atoms with Crippen molar-refractivity contribution in [3.63, 3.8) is 0 Å². The molecule has 86 valence electrons. The summed E-state index contributed by atoms with van der Waals surface area (Å²) in [4.78, 5) is 21.6. The molecule has 2 unspecified atom stereocenters. The van der Waals surface area contributed by atoms with E-state index >= 15 is 0 Å². The maximum Gasteiger partial charge on any atom is 0.307 e. The molecule has 0 aromatic carbocycles. The Balaban J connectivity index is 2.80. The van der Waals surface area contributed by atoms with Crippen LogP contribution in [-0.2, 0) is 9.59 Å². The minimum Gasteiger partial charge on any atom is -0.481 e. The van der Waals surface area contributed by atoms with Gasteiger partial charge >= 0.3 is 11.9 Å². The molecule has 1 rings (SSSR count). The van der Waals surface area contributed by atoms with Gasteiger partial charge in [-0.1, -0.05) is 13.8 Å². The Morgan fingerprint density at radius 3 is 2.40 bits per heavy atom. The third-order valence-corrected chi connectivity index (χ3v) is 4.48. The summed E-state index contributed by atoms with van der Waals surface area (Å²) in [5, 5.41) is 17.7. The van der Waals surface area contributed by atoms with Crippen LogP contribution < -0.4 is 0 Å². The molecule has 5 heteroatoms. The summed E-state index contributed by atoms with van der Waals surface area (Å²) in [6.07, 6.45) is 0.520. The SMILES string of the molecule is CC1(C)SCCC1C(CC(=O)O)C(=O)O. The number of carboxylic acid groups (broad SMARTS) is 2. The maximum absolute atomic E-state index is 11.0. The van der Waals surface area contributed by atoms with E-state index in [0.29, 0.717) is 0 Å². The van der Waals surface area contributed by atoms with Crippen molar-refractivity contribution in [2.75, 3.05) is 5.75 Å². The normalized spacial score (nSPS) is 26.1. The molecule has 1 fully saturated rings. The Bertz CT molecular complexity index is 275. The van der Waals surface area contributed by atoms with Gasteiger partial charge in [0.2, 0.25) is 0 Å². The topological polar surface area (TPSA) is 74.6 Å². The number of carbonyl (C=O) groups is 2. The van der Waals surface area contributed by atoms with Crippen molar-refractivity contribution in [1.29, 1.82) is 0 Å². The van der Waals surface area contributed by atoms with Gasteiger partial charge in [-0.25, -0.2) is 0 Å².